The van der Waals surface area contributed by atoms with Crippen LogP contribution in [0.2, 0.25) is 0 Å². The van der Waals surface area contributed by atoms with Crippen molar-refractivity contribution in [1.29, 1.82) is 0 Å². The molecule has 1 heterocycles. The van der Waals surface area contributed by atoms with E-state index in [4.69, 9.17) is 4.42 Å². The number of furan rings is 1. The van der Waals surface area contributed by atoms with Gasteiger partial charge in [-0.15, -0.1) is 0 Å². The maximum atomic E-state index is 10.9. The van der Waals surface area contributed by atoms with Gasteiger partial charge in [-0.1, -0.05) is 0 Å². The minimum absolute atomic E-state index is 0.0677. The number of carbonyl (C=O) groups excluding carboxylic acids is 1. The third-order valence-corrected chi connectivity index (χ3v) is 2.63. The van der Waals surface area contributed by atoms with Crippen LogP contribution in [-0.2, 0) is 11.3 Å². The van der Waals surface area contributed by atoms with E-state index < -0.39 is 0 Å². The Kier molecular flexibility index (Phi) is 3.67. The van der Waals surface area contributed by atoms with Gasteiger partial charge in [0.25, 0.3) is 0 Å². The van der Waals surface area contributed by atoms with E-state index >= 15 is 0 Å². The van der Waals surface area contributed by atoms with Crippen LogP contribution in [0.5, 0.6) is 0 Å². The molecule has 1 amide bonds. The summed E-state index contributed by atoms with van der Waals surface area (Å²) in [6.07, 6.45) is 1.69. The van der Waals surface area contributed by atoms with E-state index in [1.165, 1.54) is 6.92 Å². The standard InChI is InChI=1S/C14H16N2O2/c1-10-7-8-18-14(10)9-15-12-3-5-13(6-4-12)16-11(2)17/h3-8,15H,9H2,1-2H3,(H,16,17). The predicted octanol–water partition coefficient (Wildman–Crippen LogP) is 3.16. The number of anilines is 2. The van der Waals surface area contributed by atoms with Gasteiger partial charge in [-0.05, 0) is 42.8 Å². The molecule has 4 heteroatoms. The van der Waals surface area contributed by atoms with Crippen molar-refractivity contribution in [2.24, 2.45) is 0 Å². The number of benzene rings is 1. The van der Waals surface area contributed by atoms with Crippen molar-refractivity contribution in [2.45, 2.75) is 20.4 Å². The molecule has 0 fully saturated rings. The number of hydrogen-bond acceptors (Lipinski definition) is 3. The van der Waals surface area contributed by atoms with Crippen molar-refractivity contribution < 1.29 is 9.21 Å². The normalized spacial score (nSPS) is 10.1. The minimum atomic E-state index is -0.0677. The fourth-order valence-electron chi connectivity index (χ4n) is 1.64. The Labute approximate surface area is 106 Å². The molecule has 1 aromatic heterocycles. The molecule has 4 nitrogen and oxygen atoms in total. The number of carbonyl (C=O) groups is 1. The van der Waals surface area contributed by atoms with Crippen LogP contribution in [0.3, 0.4) is 0 Å². The van der Waals surface area contributed by atoms with Gasteiger partial charge in [-0.3, -0.25) is 4.79 Å². The first-order valence-electron chi connectivity index (χ1n) is 5.79. The molecule has 0 aliphatic carbocycles. The SMILES string of the molecule is CC(=O)Nc1ccc(NCc2occc2C)cc1. The fourth-order valence-corrected chi connectivity index (χ4v) is 1.64. The van der Waals surface area contributed by atoms with Crippen molar-refractivity contribution in [3.63, 3.8) is 0 Å². The maximum Gasteiger partial charge on any atom is 0.221 e. The van der Waals surface area contributed by atoms with Gasteiger partial charge >= 0.3 is 0 Å². The Morgan fingerprint density at radius 3 is 2.39 bits per heavy atom. The molecule has 0 saturated heterocycles. The lowest BCUT2D eigenvalue weighted by atomic mass is 10.2. The van der Waals surface area contributed by atoms with Crippen LogP contribution in [-0.4, -0.2) is 5.91 Å². The summed E-state index contributed by atoms with van der Waals surface area (Å²) < 4.78 is 5.34. The van der Waals surface area contributed by atoms with Crippen LogP contribution in [0.25, 0.3) is 0 Å². The molecule has 1 aromatic carbocycles. The van der Waals surface area contributed by atoms with Crippen LogP contribution in [0.1, 0.15) is 18.2 Å². The fraction of sp³-hybridized carbons (Fsp3) is 0.214. The zero-order valence-corrected chi connectivity index (χ0v) is 10.5. The zero-order chi connectivity index (χ0) is 13.0. The molecular weight excluding hydrogens is 228 g/mol. The first kappa shape index (κ1) is 12.2. The van der Waals surface area contributed by atoms with Crippen molar-refractivity contribution in [3.8, 4) is 0 Å². The summed E-state index contributed by atoms with van der Waals surface area (Å²) in [6, 6.07) is 9.50. The Bertz CT molecular complexity index is 529. The van der Waals surface area contributed by atoms with Crippen LogP contribution >= 0.6 is 0 Å². The first-order valence-corrected chi connectivity index (χ1v) is 5.79. The Morgan fingerprint density at radius 1 is 1.17 bits per heavy atom. The average Bonchev–Trinajstić information content (AvgIpc) is 2.73. The molecule has 0 atom stereocenters. The van der Waals surface area contributed by atoms with E-state index in [0.29, 0.717) is 6.54 Å². The summed E-state index contributed by atoms with van der Waals surface area (Å²) >= 11 is 0. The van der Waals surface area contributed by atoms with Crippen LogP contribution in [0.4, 0.5) is 11.4 Å². The highest BCUT2D eigenvalue weighted by Gasteiger charge is 2.01. The first-order chi connectivity index (χ1) is 8.65. The van der Waals surface area contributed by atoms with Gasteiger partial charge in [-0.25, -0.2) is 0 Å². The summed E-state index contributed by atoms with van der Waals surface area (Å²) in [5, 5.41) is 5.99. The summed E-state index contributed by atoms with van der Waals surface area (Å²) in [6.45, 7) is 4.16. The molecule has 18 heavy (non-hydrogen) atoms. The third-order valence-electron chi connectivity index (χ3n) is 2.63. The summed E-state index contributed by atoms with van der Waals surface area (Å²) in [5.41, 5.74) is 2.92. The van der Waals surface area contributed by atoms with E-state index in [1.54, 1.807) is 6.26 Å². The number of nitrogens with one attached hydrogen (secondary N) is 2. The van der Waals surface area contributed by atoms with E-state index in [2.05, 4.69) is 10.6 Å². The van der Waals surface area contributed by atoms with E-state index in [1.807, 2.05) is 37.3 Å². The topological polar surface area (TPSA) is 54.3 Å². The highest BCUT2D eigenvalue weighted by atomic mass is 16.3. The van der Waals surface area contributed by atoms with Gasteiger partial charge in [0.15, 0.2) is 0 Å². The van der Waals surface area contributed by atoms with E-state index in [0.717, 1.165) is 22.7 Å². The molecule has 0 bridgehead atoms. The lowest BCUT2D eigenvalue weighted by Crippen LogP contribution is -2.05. The second-order valence-electron chi connectivity index (χ2n) is 4.14. The van der Waals surface area contributed by atoms with Crippen LogP contribution in [0, 0.1) is 6.92 Å². The minimum Gasteiger partial charge on any atom is -0.467 e. The smallest absolute Gasteiger partial charge is 0.221 e. The van der Waals surface area contributed by atoms with Crippen molar-refractivity contribution >= 4 is 17.3 Å². The molecule has 0 unspecified atom stereocenters. The molecule has 2 N–H and O–H groups in total. The second kappa shape index (κ2) is 5.40. The summed E-state index contributed by atoms with van der Waals surface area (Å²) in [7, 11) is 0. The molecule has 0 saturated carbocycles. The zero-order valence-electron chi connectivity index (χ0n) is 10.5. The monoisotopic (exact) mass is 244 g/mol. The van der Waals surface area contributed by atoms with Crippen molar-refractivity contribution in [2.75, 3.05) is 10.6 Å². The average molecular weight is 244 g/mol. The Hall–Kier alpha value is -2.23. The third kappa shape index (κ3) is 3.13. The molecular formula is C14H16N2O2. The van der Waals surface area contributed by atoms with Crippen molar-refractivity contribution in [1.82, 2.24) is 0 Å². The van der Waals surface area contributed by atoms with E-state index in [-0.39, 0.29) is 5.91 Å². The summed E-state index contributed by atoms with van der Waals surface area (Å²) in [5.74, 6) is 0.864. The second-order valence-corrected chi connectivity index (χ2v) is 4.14. The maximum absolute atomic E-state index is 10.9. The molecule has 0 radical (unpaired) electrons. The highest BCUT2D eigenvalue weighted by molar-refractivity contribution is 5.88. The molecule has 2 aromatic rings. The van der Waals surface area contributed by atoms with Gasteiger partial charge in [0.1, 0.15) is 5.76 Å². The lowest BCUT2D eigenvalue weighted by molar-refractivity contribution is -0.114. The predicted molar refractivity (Wildman–Crippen MR) is 71.5 cm³/mol. The molecule has 0 aliphatic rings. The lowest BCUT2D eigenvalue weighted by Gasteiger charge is -2.07. The van der Waals surface area contributed by atoms with Gasteiger partial charge in [-0.2, -0.15) is 0 Å². The molecule has 0 aliphatic heterocycles. The van der Waals surface area contributed by atoms with Gasteiger partial charge in [0.2, 0.25) is 5.91 Å². The number of rotatable bonds is 4. The van der Waals surface area contributed by atoms with Crippen molar-refractivity contribution in [3.05, 3.63) is 47.9 Å². The number of amides is 1. The largest absolute Gasteiger partial charge is 0.467 e. The number of aryl methyl sites for hydroxylation is 1. The van der Waals surface area contributed by atoms with Gasteiger partial charge < -0.3 is 15.1 Å². The van der Waals surface area contributed by atoms with Gasteiger partial charge in [0.05, 0.1) is 12.8 Å². The number of hydrogen-bond donors (Lipinski definition) is 2. The quantitative estimate of drug-likeness (QED) is 0.868. The highest BCUT2D eigenvalue weighted by Crippen LogP contribution is 2.16. The van der Waals surface area contributed by atoms with Crippen LogP contribution in [0.15, 0.2) is 41.0 Å². The molecule has 94 valence electrons. The van der Waals surface area contributed by atoms with Gasteiger partial charge in [0, 0.05) is 18.3 Å². The molecule has 2 rings (SSSR count). The Morgan fingerprint density at radius 2 is 1.83 bits per heavy atom. The Balaban J connectivity index is 1.94. The molecule has 0 spiro atoms. The van der Waals surface area contributed by atoms with E-state index in [9.17, 15) is 4.79 Å². The van der Waals surface area contributed by atoms with Crippen LogP contribution < -0.4 is 10.6 Å². The summed E-state index contributed by atoms with van der Waals surface area (Å²) in [4.78, 5) is 10.9.